The summed E-state index contributed by atoms with van der Waals surface area (Å²) >= 11 is 6.19. The van der Waals surface area contributed by atoms with Gasteiger partial charge in [-0.25, -0.2) is 0 Å². The first-order valence-corrected chi connectivity index (χ1v) is 6.85. The fourth-order valence-corrected chi connectivity index (χ4v) is 2.13. The Bertz CT molecular complexity index is 352. The number of aromatic nitrogens is 2. The molecular formula is C13H24ClN3O. The molecule has 0 radical (unpaired) electrons. The Kier molecular flexibility index (Phi) is 6.68. The van der Waals surface area contributed by atoms with Gasteiger partial charge in [-0.05, 0) is 32.7 Å². The largest absolute Gasteiger partial charge is 0.383 e. The van der Waals surface area contributed by atoms with Crippen LogP contribution in [0.15, 0.2) is 6.20 Å². The van der Waals surface area contributed by atoms with Crippen molar-refractivity contribution in [2.24, 2.45) is 5.92 Å². The molecule has 1 unspecified atom stereocenters. The zero-order valence-electron chi connectivity index (χ0n) is 11.7. The fourth-order valence-electron chi connectivity index (χ4n) is 1.93. The average molecular weight is 274 g/mol. The summed E-state index contributed by atoms with van der Waals surface area (Å²) in [4.78, 5) is 0. The fraction of sp³-hybridized carbons (Fsp3) is 0.769. The number of nitrogens with one attached hydrogen (secondary N) is 1. The monoisotopic (exact) mass is 273 g/mol. The minimum Gasteiger partial charge on any atom is -0.383 e. The molecule has 1 aromatic heterocycles. The van der Waals surface area contributed by atoms with Crippen molar-refractivity contribution in [3.63, 3.8) is 0 Å². The highest BCUT2D eigenvalue weighted by Gasteiger charge is 2.14. The van der Waals surface area contributed by atoms with Gasteiger partial charge in [0, 0.05) is 19.7 Å². The van der Waals surface area contributed by atoms with Crippen LogP contribution in [-0.4, -0.2) is 36.6 Å². The van der Waals surface area contributed by atoms with Gasteiger partial charge in [-0.15, -0.1) is 0 Å². The first-order chi connectivity index (χ1) is 8.56. The first kappa shape index (κ1) is 15.5. The lowest BCUT2D eigenvalue weighted by molar-refractivity contribution is 0.198. The van der Waals surface area contributed by atoms with Crippen LogP contribution >= 0.6 is 11.6 Å². The Morgan fingerprint density at radius 1 is 1.44 bits per heavy atom. The summed E-state index contributed by atoms with van der Waals surface area (Å²) in [5.41, 5.74) is 1.13. The molecule has 1 N–H and O–H groups in total. The van der Waals surface area contributed by atoms with E-state index >= 15 is 0 Å². The lowest BCUT2D eigenvalue weighted by atomic mass is 10.1. The highest BCUT2D eigenvalue weighted by Crippen LogP contribution is 2.21. The Hall–Kier alpha value is -0.580. The molecule has 1 atom stereocenters. The predicted octanol–water partition coefficient (Wildman–Crippen LogP) is 2.53. The second-order valence-corrected chi connectivity index (χ2v) is 5.39. The smallest absolute Gasteiger partial charge is 0.0818 e. The molecule has 0 amide bonds. The second kappa shape index (κ2) is 7.77. The molecule has 4 nitrogen and oxygen atoms in total. The number of methoxy groups -OCH3 is 1. The van der Waals surface area contributed by atoms with Crippen molar-refractivity contribution < 1.29 is 4.74 Å². The molecule has 1 aromatic rings. The van der Waals surface area contributed by atoms with Crippen LogP contribution in [-0.2, 0) is 11.2 Å². The number of rotatable bonds is 8. The third kappa shape index (κ3) is 4.59. The van der Waals surface area contributed by atoms with Crippen molar-refractivity contribution in [3.8, 4) is 0 Å². The predicted molar refractivity (Wildman–Crippen MR) is 75.2 cm³/mol. The summed E-state index contributed by atoms with van der Waals surface area (Å²) in [6.45, 7) is 9.05. The van der Waals surface area contributed by atoms with E-state index in [1.54, 1.807) is 13.3 Å². The molecule has 1 heterocycles. The van der Waals surface area contributed by atoms with E-state index in [2.05, 4.69) is 31.2 Å². The summed E-state index contributed by atoms with van der Waals surface area (Å²) in [6.07, 6.45) is 2.68. The highest BCUT2D eigenvalue weighted by atomic mass is 35.5. The van der Waals surface area contributed by atoms with Gasteiger partial charge < -0.3 is 10.1 Å². The quantitative estimate of drug-likeness (QED) is 0.740. The van der Waals surface area contributed by atoms with Crippen LogP contribution in [0, 0.1) is 5.92 Å². The maximum absolute atomic E-state index is 6.19. The Morgan fingerprint density at radius 2 is 2.17 bits per heavy atom. The average Bonchev–Trinajstić information content (AvgIpc) is 2.67. The standard InChI is InChI=1S/C13H24ClN3O/c1-10(2)17-13(12(14)9-16-17)7-11(3)8-15-5-6-18-4/h9-11,15H,5-8H2,1-4H3. The molecule has 0 spiro atoms. The number of halogens is 1. The van der Waals surface area contributed by atoms with E-state index < -0.39 is 0 Å². The third-order valence-corrected chi connectivity index (χ3v) is 3.17. The molecule has 104 valence electrons. The molecule has 18 heavy (non-hydrogen) atoms. The highest BCUT2D eigenvalue weighted by molar-refractivity contribution is 6.31. The first-order valence-electron chi connectivity index (χ1n) is 6.47. The zero-order chi connectivity index (χ0) is 13.5. The van der Waals surface area contributed by atoms with Gasteiger partial charge in [0.1, 0.15) is 0 Å². The summed E-state index contributed by atoms with van der Waals surface area (Å²) in [6, 6.07) is 0.348. The third-order valence-electron chi connectivity index (χ3n) is 2.85. The van der Waals surface area contributed by atoms with Gasteiger partial charge >= 0.3 is 0 Å². The van der Waals surface area contributed by atoms with E-state index in [1.807, 2.05) is 4.68 Å². The van der Waals surface area contributed by atoms with Gasteiger partial charge in [0.15, 0.2) is 0 Å². The van der Waals surface area contributed by atoms with E-state index in [4.69, 9.17) is 16.3 Å². The molecule has 1 rings (SSSR count). The van der Waals surface area contributed by atoms with Crippen molar-refractivity contribution in [2.45, 2.75) is 33.2 Å². The van der Waals surface area contributed by atoms with Gasteiger partial charge in [-0.3, -0.25) is 4.68 Å². The van der Waals surface area contributed by atoms with Crippen LogP contribution in [0.1, 0.15) is 32.5 Å². The molecule has 0 saturated carbocycles. The van der Waals surface area contributed by atoms with Gasteiger partial charge in [0.25, 0.3) is 0 Å². The number of hydrogen-bond acceptors (Lipinski definition) is 3. The molecule has 5 heteroatoms. The Morgan fingerprint density at radius 3 is 2.78 bits per heavy atom. The molecule has 0 aliphatic rings. The van der Waals surface area contributed by atoms with Crippen molar-refractivity contribution in [1.29, 1.82) is 0 Å². The molecule has 0 aromatic carbocycles. The normalized spacial score (nSPS) is 13.2. The van der Waals surface area contributed by atoms with Crippen LogP contribution < -0.4 is 5.32 Å². The molecular weight excluding hydrogens is 250 g/mol. The number of hydrogen-bond donors (Lipinski definition) is 1. The molecule has 0 bridgehead atoms. The lowest BCUT2D eigenvalue weighted by Gasteiger charge is -2.16. The van der Waals surface area contributed by atoms with Crippen molar-refractivity contribution >= 4 is 11.6 Å². The minimum atomic E-state index is 0.348. The Labute approximate surface area is 115 Å². The van der Waals surface area contributed by atoms with Gasteiger partial charge in [0.2, 0.25) is 0 Å². The lowest BCUT2D eigenvalue weighted by Crippen LogP contribution is -2.26. The van der Waals surface area contributed by atoms with E-state index in [-0.39, 0.29) is 0 Å². The van der Waals surface area contributed by atoms with E-state index in [0.29, 0.717) is 12.0 Å². The van der Waals surface area contributed by atoms with Gasteiger partial charge in [-0.2, -0.15) is 5.10 Å². The molecule has 0 saturated heterocycles. The number of ether oxygens (including phenoxy) is 1. The van der Waals surface area contributed by atoms with E-state index in [1.165, 1.54) is 0 Å². The summed E-state index contributed by atoms with van der Waals surface area (Å²) in [5, 5.41) is 8.46. The maximum atomic E-state index is 6.19. The van der Waals surface area contributed by atoms with E-state index in [9.17, 15) is 0 Å². The van der Waals surface area contributed by atoms with Crippen LogP contribution in [0.2, 0.25) is 5.02 Å². The Balaban J connectivity index is 2.48. The summed E-state index contributed by atoms with van der Waals surface area (Å²) in [5.74, 6) is 0.522. The van der Waals surface area contributed by atoms with Crippen LogP contribution in [0.25, 0.3) is 0 Å². The van der Waals surface area contributed by atoms with Crippen LogP contribution in [0.4, 0.5) is 0 Å². The second-order valence-electron chi connectivity index (χ2n) is 4.98. The van der Waals surface area contributed by atoms with Crippen molar-refractivity contribution in [2.75, 3.05) is 26.8 Å². The number of nitrogens with zero attached hydrogens (tertiary/aromatic N) is 2. The van der Waals surface area contributed by atoms with Crippen LogP contribution in [0.3, 0.4) is 0 Å². The SMILES string of the molecule is COCCNCC(C)Cc1c(Cl)cnn1C(C)C. The summed E-state index contributed by atoms with van der Waals surface area (Å²) in [7, 11) is 1.71. The maximum Gasteiger partial charge on any atom is 0.0818 e. The van der Waals surface area contributed by atoms with E-state index in [0.717, 1.165) is 36.8 Å². The topological polar surface area (TPSA) is 39.1 Å². The molecule has 0 fully saturated rings. The van der Waals surface area contributed by atoms with Gasteiger partial charge in [-0.1, -0.05) is 18.5 Å². The minimum absolute atomic E-state index is 0.348. The van der Waals surface area contributed by atoms with Crippen molar-refractivity contribution in [3.05, 3.63) is 16.9 Å². The zero-order valence-corrected chi connectivity index (χ0v) is 12.5. The van der Waals surface area contributed by atoms with Crippen LogP contribution in [0.5, 0.6) is 0 Å². The molecule has 0 aliphatic heterocycles. The van der Waals surface area contributed by atoms with Crippen molar-refractivity contribution in [1.82, 2.24) is 15.1 Å². The molecule has 0 aliphatic carbocycles. The summed E-state index contributed by atoms with van der Waals surface area (Å²) < 4.78 is 7.01. The van der Waals surface area contributed by atoms with Gasteiger partial charge in [0.05, 0.1) is 23.5 Å².